The third kappa shape index (κ3) is 11.2. The Hall–Kier alpha value is -5.54. The van der Waals surface area contributed by atoms with Gasteiger partial charge in [-0.1, -0.05) is 35.5 Å². The van der Waals surface area contributed by atoms with E-state index in [2.05, 4.69) is 25.4 Å². The summed E-state index contributed by atoms with van der Waals surface area (Å²) < 4.78 is 70.6. The lowest BCUT2D eigenvalue weighted by atomic mass is 10.1. The first-order valence-corrected chi connectivity index (χ1v) is 17.2. The van der Waals surface area contributed by atoms with Gasteiger partial charge in [0.05, 0.1) is 11.9 Å². The van der Waals surface area contributed by atoms with E-state index in [4.69, 9.17) is 0 Å². The fourth-order valence-electron chi connectivity index (χ4n) is 5.90. The number of unbranched alkanes of at least 4 members (excludes halogenated alkanes) is 2. The number of carbonyl (C=O) groups is 2. The van der Waals surface area contributed by atoms with Crippen molar-refractivity contribution in [3.63, 3.8) is 0 Å². The number of halogens is 5. The number of aliphatic imine (C=N–C) groups is 1. The van der Waals surface area contributed by atoms with Crippen molar-refractivity contribution >= 4 is 31.1 Å². The summed E-state index contributed by atoms with van der Waals surface area (Å²) in [5.74, 6) is -0.495. The zero-order valence-corrected chi connectivity index (χ0v) is 29.3. The number of alkyl halides is 3. The first-order chi connectivity index (χ1) is 25.4. The molecule has 5 rings (SSSR count). The molecule has 53 heavy (non-hydrogen) atoms. The molecule has 4 aromatic rings. The van der Waals surface area contributed by atoms with Gasteiger partial charge in [-0.25, -0.2) is 4.79 Å². The van der Waals surface area contributed by atoms with E-state index in [0.717, 1.165) is 38.8 Å². The monoisotopic (exact) mass is 735 g/mol. The Kier molecular flexibility index (Phi) is 13.0. The summed E-state index contributed by atoms with van der Waals surface area (Å²) in [4.78, 5) is 32.2. The lowest BCUT2D eigenvalue weighted by Crippen LogP contribution is -2.37. The van der Waals surface area contributed by atoms with E-state index in [1.165, 1.54) is 18.3 Å². The number of hydrogen-bond acceptors (Lipinski definition) is 6. The highest BCUT2D eigenvalue weighted by molar-refractivity contribution is 6.41. The molecule has 2 amide bonds. The number of ether oxygens (including phenoxy) is 1. The molecule has 0 fully saturated rings. The Balaban J connectivity index is 1.08. The molecule has 0 spiro atoms. The molecule has 2 aromatic carbocycles. The Labute approximate surface area is 304 Å². The Morgan fingerprint density at radius 2 is 1.72 bits per heavy atom. The number of benzene rings is 2. The molecular weight excluding hydrogens is 696 g/mol. The van der Waals surface area contributed by atoms with Crippen LogP contribution in [0.4, 0.5) is 26.6 Å². The van der Waals surface area contributed by atoms with Gasteiger partial charge in [-0.05, 0) is 106 Å². The van der Waals surface area contributed by atoms with Crippen LogP contribution in [0.3, 0.4) is 0 Å². The van der Waals surface area contributed by atoms with Crippen molar-refractivity contribution in [3.05, 3.63) is 107 Å². The predicted molar refractivity (Wildman–Crippen MR) is 193 cm³/mol. The number of nitrogens with one attached hydrogen (secondary N) is 1. The molecule has 0 radical (unpaired) electrons. The third-order valence-electron chi connectivity index (χ3n) is 8.56. The number of aromatic nitrogens is 4. The summed E-state index contributed by atoms with van der Waals surface area (Å²) in [5.41, 5.74) is 4.70. The van der Waals surface area contributed by atoms with Gasteiger partial charge in [0.25, 0.3) is 0 Å². The molecule has 0 saturated carbocycles. The van der Waals surface area contributed by atoms with Gasteiger partial charge in [0.1, 0.15) is 11.4 Å². The minimum atomic E-state index is -4.81. The van der Waals surface area contributed by atoms with E-state index in [1.54, 1.807) is 43.0 Å². The molecule has 16 heteroatoms. The Morgan fingerprint density at radius 1 is 0.962 bits per heavy atom. The van der Waals surface area contributed by atoms with Crippen LogP contribution < -0.4 is 10.1 Å². The molecule has 1 aliphatic rings. The van der Waals surface area contributed by atoms with Gasteiger partial charge in [0, 0.05) is 48.7 Å². The first kappa shape index (κ1) is 38.7. The quantitative estimate of drug-likeness (QED) is 0.0723. The summed E-state index contributed by atoms with van der Waals surface area (Å²) in [5, 5.41) is 10.9. The number of hydrogen-bond donors (Lipinski definition) is 1. The van der Waals surface area contributed by atoms with Gasteiger partial charge < -0.3 is 19.4 Å². The number of rotatable bonds is 16. The van der Waals surface area contributed by atoms with Gasteiger partial charge in [0.15, 0.2) is 0 Å². The van der Waals surface area contributed by atoms with Crippen molar-refractivity contribution in [1.29, 1.82) is 0 Å². The average molecular weight is 736 g/mol. The Morgan fingerprint density at radius 3 is 2.43 bits per heavy atom. The van der Waals surface area contributed by atoms with E-state index in [1.807, 2.05) is 30.3 Å². The van der Waals surface area contributed by atoms with E-state index in [-0.39, 0.29) is 24.1 Å². The second-order valence-electron chi connectivity index (χ2n) is 12.5. The largest absolute Gasteiger partial charge is 0.677 e. The first-order valence-electron chi connectivity index (χ1n) is 17.2. The van der Waals surface area contributed by atoms with Crippen molar-refractivity contribution in [2.45, 2.75) is 58.7 Å². The summed E-state index contributed by atoms with van der Waals surface area (Å²) >= 11 is 0. The maximum absolute atomic E-state index is 13.5. The lowest BCUT2D eigenvalue weighted by Gasteiger charge is -2.22. The minimum Gasteiger partial charge on any atom is -0.406 e. The van der Waals surface area contributed by atoms with E-state index >= 15 is 0 Å². The fraction of sp³-hybridized carbons (Fsp3) is 0.324. The maximum Gasteiger partial charge on any atom is 0.677 e. The molecule has 0 saturated heterocycles. The molecule has 1 N–H and O–H groups in total. The molecule has 0 atom stereocenters. The zero-order valence-electron chi connectivity index (χ0n) is 29.3. The van der Waals surface area contributed by atoms with Crippen molar-refractivity contribution in [1.82, 2.24) is 29.7 Å². The molecule has 1 aliphatic heterocycles. The van der Waals surface area contributed by atoms with Crippen molar-refractivity contribution in [2.24, 2.45) is 4.99 Å². The number of amides is 2. The molecule has 0 bridgehead atoms. The van der Waals surface area contributed by atoms with Crippen molar-refractivity contribution in [3.8, 4) is 17.0 Å². The lowest BCUT2D eigenvalue weighted by molar-refractivity contribution is -0.274. The second-order valence-corrected chi connectivity index (χ2v) is 12.5. The molecule has 10 nitrogen and oxygen atoms in total. The van der Waals surface area contributed by atoms with Crippen LogP contribution in [0.15, 0.2) is 89.7 Å². The second kappa shape index (κ2) is 17.8. The molecule has 0 aliphatic carbocycles. The minimum absolute atomic E-state index is 0.124. The fourth-order valence-corrected chi connectivity index (χ4v) is 5.90. The summed E-state index contributed by atoms with van der Waals surface area (Å²) in [6, 6.07) is 16.2. The number of allylic oxidation sites excluding steroid dienone is 2. The van der Waals surface area contributed by atoms with Gasteiger partial charge >= 0.3 is 19.8 Å². The van der Waals surface area contributed by atoms with Crippen LogP contribution >= 0.6 is 0 Å². The van der Waals surface area contributed by atoms with Crippen LogP contribution in [0.1, 0.15) is 54.6 Å². The average Bonchev–Trinajstić information content (AvgIpc) is 3.86. The van der Waals surface area contributed by atoms with Crippen LogP contribution in [0.2, 0.25) is 0 Å². The Bertz CT molecular complexity index is 1950. The van der Waals surface area contributed by atoms with Gasteiger partial charge in [-0.2, -0.15) is 4.68 Å². The highest BCUT2D eigenvalue weighted by atomic mass is 19.4. The number of aryl methyl sites for hydroxylation is 2. The number of carbonyl (C=O) groups excluding carboxylic acids is 2. The standard InChI is InChI=1S/C37H39BF5N7O3/c1-26-23-27(2)50(38(42)43)34(26)24-31-14-13-30(45-31)15-18-35(51)44-20-7-4-8-21-48(22-19-28-9-5-3-6-10-28)36(52)49-25-33(46-47-49)29-11-16-32(17-12-29)53-37(39,40)41/h3,5-6,9-14,16-17,23-25H,4,7-8,15,18-22H2,1-2H3,(H,44,51)/b31-24-. The highest BCUT2D eigenvalue weighted by Gasteiger charge is 2.31. The maximum atomic E-state index is 13.5. The van der Waals surface area contributed by atoms with Gasteiger partial charge in [0.2, 0.25) is 5.91 Å². The van der Waals surface area contributed by atoms with E-state index in [9.17, 15) is 31.4 Å². The van der Waals surface area contributed by atoms with Crippen LogP contribution in [-0.2, 0) is 11.2 Å². The molecule has 2 aromatic heterocycles. The molecular formula is C37H39BF5N7O3. The normalized spacial score (nSPS) is 13.3. The molecule has 0 unspecified atom stereocenters. The van der Waals surface area contributed by atoms with Crippen molar-refractivity contribution in [2.75, 3.05) is 19.6 Å². The SMILES string of the molecule is Cc1cc(C)n(B(F)F)c1/C=C1/C=CC(CCC(=O)NCCCCCN(CCc2ccccc2)C(=O)n2cc(-c3ccc(OC(F)(F)F)cc3)nn2)=N1. The molecule has 278 valence electrons. The number of nitrogens with zero attached hydrogens (tertiary/aromatic N) is 6. The van der Waals surface area contributed by atoms with Crippen molar-refractivity contribution < 1.29 is 36.1 Å². The van der Waals surface area contributed by atoms with Crippen LogP contribution in [0.25, 0.3) is 17.3 Å². The highest BCUT2D eigenvalue weighted by Crippen LogP contribution is 2.26. The van der Waals surface area contributed by atoms with Crippen LogP contribution in [0, 0.1) is 13.8 Å². The zero-order chi connectivity index (χ0) is 38.0. The summed E-state index contributed by atoms with van der Waals surface area (Å²) in [6.07, 6.45) is 5.16. The molecule has 3 heterocycles. The predicted octanol–water partition coefficient (Wildman–Crippen LogP) is 7.67. The summed E-state index contributed by atoms with van der Waals surface area (Å²) in [6.45, 7) is 4.73. The smallest absolute Gasteiger partial charge is 0.406 e. The van der Waals surface area contributed by atoms with Gasteiger partial charge in [-0.3, -0.25) is 18.4 Å². The van der Waals surface area contributed by atoms with E-state index in [0.29, 0.717) is 79.4 Å². The topological polar surface area (TPSA) is 107 Å². The third-order valence-corrected chi connectivity index (χ3v) is 8.56. The van der Waals surface area contributed by atoms with Gasteiger partial charge in [-0.15, -0.1) is 18.3 Å². The summed E-state index contributed by atoms with van der Waals surface area (Å²) in [7, 11) is -2.66. The van der Waals surface area contributed by atoms with Crippen LogP contribution in [0.5, 0.6) is 5.75 Å². The van der Waals surface area contributed by atoms with E-state index < -0.39 is 13.8 Å². The van der Waals surface area contributed by atoms with Crippen LogP contribution in [-0.4, -0.2) is 75.4 Å².